The topological polar surface area (TPSA) is 55.6 Å². The van der Waals surface area contributed by atoms with Crippen molar-refractivity contribution in [3.8, 4) is 0 Å². The maximum Gasteiger partial charge on any atom is 0.414 e. The van der Waals surface area contributed by atoms with Crippen molar-refractivity contribution < 1.29 is 9.53 Å². The third-order valence-corrected chi connectivity index (χ3v) is 3.09. The summed E-state index contributed by atoms with van der Waals surface area (Å²) in [5.74, 6) is 0. The maximum absolute atomic E-state index is 11.5. The van der Waals surface area contributed by atoms with Crippen LogP contribution >= 0.6 is 23.2 Å². The number of nitrogens with two attached hydrogens (primary N) is 1. The summed E-state index contributed by atoms with van der Waals surface area (Å²) in [6.45, 7) is 0.747. The molecule has 4 nitrogen and oxygen atoms in total. The molecule has 16 heavy (non-hydrogen) atoms. The number of amides is 1. The monoisotopic (exact) mass is 260 g/mol. The summed E-state index contributed by atoms with van der Waals surface area (Å²) in [5, 5.41) is 0.858. The van der Waals surface area contributed by atoms with Gasteiger partial charge in [0.25, 0.3) is 0 Å². The number of rotatable bonds is 2. The minimum absolute atomic E-state index is 0.262. The minimum Gasteiger partial charge on any atom is -0.443 e. The molecule has 0 bridgehead atoms. The lowest BCUT2D eigenvalue weighted by molar-refractivity contribution is 0.145. The van der Waals surface area contributed by atoms with E-state index < -0.39 is 6.09 Å². The van der Waals surface area contributed by atoms with Crippen LogP contribution in [0, 0.1) is 0 Å². The average Bonchev–Trinajstić information content (AvgIpc) is 2.64. The summed E-state index contributed by atoms with van der Waals surface area (Å²) in [6.07, 6.45) is -0.671. The quantitative estimate of drug-likeness (QED) is 0.888. The highest BCUT2D eigenvalue weighted by Crippen LogP contribution is 2.29. The molecular weight excluding hydrogens is 251 g/mol. The molecule has 0 aliphatic carbocycles. The molecule has 86 valence electrons. The van der Waals surface area contributed by atoms with Crippen LogP contribution in [0.15, 0.2) is 18.2 Å². The number of benzene rings is 1. The molecule has 1 unspecified atom stereocenters. The Hall–Kier alpha value is -0.970. The Morgan fingerprint density at radius 2 is 2.19 bits per heavy atom. The zero-order chi connectivity index (χ0) is 11.7. The summed E-state index contributed by atoms with van der Waals surface area (Å²) >= 11 is 11.7. The molecule has 0 radical (unpaired) electrons. The Kier molecular flexibility index (Phi) is 3.23. The van der Waals surface area contributed by atoms with Crippen molar-refractivity contribution in [2.75, 3.05) is 18.0 Å². The lowest BCUT2D eigenvalue weighted by Gasteiger charge is -2.13. The van der Waals surface area contributed by atoms with E-state index in [1.165, 1.54) is 4.90 Å². The molecule has 1 aliphatic rings. The first-order chi connectivity index (χ1) is 7.61. The molecular formula is C10H10Cl2N2O2. The number of nitrogens with zero attached hydrogens (tertiary/aromatic N) is 1. The average molecular weight is 261 g/mol. The highest BCUT2D eigenvalue weighted by atomic mass is 35.5. The van der Waals surface area contributed by atoms with Gasteiger partial charge < -0.3 is 10.5 Å². The first kappa shape index (κ1) is 11.5. The van der Waals surface area contributed by atoms with E-state index in [0.717, 1.165) is 0 Å². The van der Waals surface area contributed by atoms with Crippen molar-refractivity contribution in [2.24, 2.45) is 5.73 Å². The fourth-order valence-corrected chi connectivity index (χ4v) is 1.80. The van der Waals surface area contributed by atoms with Crippen LogP contribution in [0.1, 0.15) is 0 Å². The number of hydrogen-bond donors (Lipinski definition) is 1. The molecule has 0 aromatic heterocycles. The Bertz CT molecular complexity index is 425. The summed E-state index contributed by atoms with van der Waals surface area (Å²) < 4.78 is 5.03. The Labute approximate surface area is 103 Å². The fourth-order valence-electron chi connectivity index (χ4n) is 1.51. The maximum atomic E-state index is 11.5. The van der Waals surface area contributed by atoms with Gasteiger partial charge in [0.05, 0.1) is 16.6 Å². The molecule has 1 heterocycles. The van der Waals surface area contributed by atoms with Gasteiger partial charge in [-0.25, -0.2) is 4.79 Å². The molecule has 0 saturated carbocycles. The number of hydrogen-bond acceptors (Lipinski definition) is 3. The van der Waals surface area contributed by atoms with Crippen LogP contribution in [0.4, 0.5) is 10.5 Å². The van der Waals surface area contributed by atoms with Gasteiger partial charge in [0.15, 0.2) is 0 Å². The van der Waals surface area contributed by atoms with E-state index in [1.54, 1.807) is 18.2 Å². The van der Waals surface area contributed by atoms with Gasteiger partial charge in [0.2, 0.25) is 0 Å². The summed E-state index contributed by atoms with van der Waals surface area (Å²) in [7, 11) is 0. The van der Waals surface area contributed by atoms with Crippen molar-refractivity contribution in [1.82, 2.24) is 0 Å². The first-order valence-corrected chi connectivity index (χ1v) is 5.50. The van der Waals surface area contributed by atoms with Gasteiger partial charge in [0.1, 0.15) is 6.10 Å². The second-order valence-electron chi connectivity index (χ2n) is 3.45. The van der Waals surface area contributed by atoms with Crippen LogP contribution in [0.25, 0.3) is 0 Å². The van der Waals surface area contributed by atoms with E-state index in [-0.39, 0.29) is 6.10 Å². The van der Waals surface area contributed by atoms with Crippen LogP contribution in [0.2, 0.25) is 10.0 Å². The largest absolute Gasteiger partial charge is 0.443 e. The van der Waals surface area contributed by atoms with Crippen LogP contribution in [0.3, 0.4) is 0 Å². The van der Waals surface area contributed by atoms with Crippen molar-refractivity contribution in [1.29, 1.82) is 0 Å². The van der Waals surface area contributed by atoms with Gasteiger partial charge in [-0.05, 0) is 18.2 Å². The van der Waals surface area contributed by atoms with Gasteiger partial charge in [-0.1, -0.05) is 23.2 Å². The highest BCUT2D eigenvalue weighted by molar-refractivity contribution is 6.42. The number of ether oxygens (including phenoxy) is 1. The van der Waals surface area contributed by atoms with Gasteiger partial charge in [0, 0.05) is 12.2 Å². The highest BCUT2D eigenvalue weighted by Gasteiger charge is 2.31. The summed E-state index contributed by atoms with van der Waals surface area (Å²) in [4.78, 5) is 13.0. The molecule has 1 aromatic carbocycles. The van der Waals surface area contributed by atoms with Gasteiger partial charge >= 0.3 is 6.09 Å². The third-order valence-electron chi connectivity index (χ3n) is 2.35. The minimum atomic E-state index is -0.408. The second-order valence-corrected chi connectivity index (χ2v) is 4.26. The van der Waals surface area contributed by atoms with Crippen molar-refractivity contribution >= 4 is 35.0 Å². The predicted molar refractivity (Wildman–Crippen MR) is 63.1 cm³/mol. The molecule has 1 atom stereocenters. The number of cyclic esters (lactones) is 1. The molecule has 1 fully saturated rings. The molecule has 1 amide bonds. The predicted octanol–water partition coefficient (Wildman–Crippen LogP) is 2.28. The smallest absolute Gasteiger partial charge is 0.414 e. The molecule has 1 aromatic rings. The second kappa shape index (κ2) is 4.49. The van der Waals surface area contributed by atoms with Crippen LogP contribution in [-0.2, 0) is 4.74 Å². The third kappa shape index (κ3) is 2.09. The van der Waals surface area contributed by atoms with Gasteiger partial charge in [-0.2, -0.15) is 0 Å². The Morgan fingerprint density at radius 1 is 1.44 bits per heavy atom. The molecule has 2 N–H and O–H groups in total. The van der Waals surface area contributed by atoms with Gasteiger partial charge in [-0.3, -0.25) is 4.90 Å². The number of carbonyl (C=O) groups is 1. The molecule has 2 rings (SSSR count). The van der Waals surface area contributed by atoms with E-state index in [1.807, 2.05) is 0 Å². The SMILES string of the molecule is NCC1CN(c2ccc(Cl)c(Cl)c2)C(=O)O1. The lowest BCUT2D eigenvalue weighted by atomic mass is 10.2. The van der Waals surface area contributed by atoms with Crippen LogP contribution in [-0.4, -0.2) is 25.3 Å². The fraction of sp³-hybridized carbons (Fsp3) is 0.300. The van der Waals surface area contributed by atoms with Crippen molar-refractivity contribution in [3.63, 3.8) is 0 Å². The molecule has 0 spiro atoms. The normalized spacial score (nSPS) is 20.1. The Balaban J connectivity index is 2.24. The zero-order valence-corrected chi connectivity index (χ0v) is 9.83. The number of halogens is 2. The van der Waals surface area contributed by atoms with E-state index in [2.05, 4.69) is 0 Å². The zero-order valence-electron chi connectivity index (χ0n) is 8.32. The number of carbonyl (C=O) groups excluding carboxylic acids is 1. The molecule has 1 saturated heterocycles. The van der Waals surface area contributed by atoms with E-state index in [4.69, 9.17) is 33.7 Å². The molecule has 1 aliphatic heterocycles. The van der Waals surface area contributed by atoms with E-state index in [0.29, 0.717) is 28.8 Å². The van der Waals surface area contributed by atoms with Crippen LogP contribution < -0.4 is 10.6 Å². The van der Waals surface area contributed by atoms with Crippen molar-refractivity contribution in [2.45, 2.75) is 6.10 Å². The van der Waals surface area contributed by atoms with Crippen LogP contribution in [0.5, 0.6) is 0 Å². The summed E-state index contributed by atoms with van der Waals surface area (Å²) in [6, 6.07) is 4.99. The van der Waals surface area contributed by atoms with Crippen molar-refractivity contribution in [3.05, 3.63) is 28.2 Å². The van der Waals surface area contributed by atoms with Gasteiger partial charge in [-0.15, -0.1) is 0 Å². The molecule has 6 heteroatoms. The van der Waals surface area contributed by atoms with E-state index in [9.17, 15) is 4.79 Å². The summed E-state index contributed by atoms with van der Waals surface area (Å²) in [5.41, 5.74) is 6.10. The Morgan fingerprint density at radius 3 is 2.75 bits per heavy atom. The lowest BCUT2D eigenvalue weighted by Crippen LogP contribution is -2.27. The number of anilines is 1. The van der Waals surface area contributed by atoms with E-state index >= 15 is 0 Å². The standard InChI is InChI=1S/C10H10Cl2N2O2/c11-8-2-1-6(3-9(8)12)14-5-7(4-13)16-10(14)15/h1-3,7H,4-5,13H2. The first-order valence-electron chi connectivity index (χ1n) is 4.75.